The van der Waals surface area contributed by atoms with Crippen molar-refractivity contribution < 1.29 is 12.8 Å². The van der Waals surface area contributed by atoms with Gasteiger partial charge >= 0.3 is 0 Å². The molecule has 0 fully saturated rings. The summed E-state index contributed by atoms with van der Waals surface area (Å²) in [5.74, 6) is 0.587. The van der Waals surface area contributed by atoms with Gasteiger partial charge in [0, 0.05) is 6.04 Å². The van der Waals surface area contributed by atoms with Gasteiger partial charge in [0.05, 0.1) is 6.54 Å². The molecule has 0 spiro atoms. The van der Waals surface area contributed by atoms with Gasteiger partial charge < -0.3 is 9.73 Å². The highest BCUT2D eigenvalue weighted by atomic mass is 32.2. The van der Waals surface area contributed by atoms with Gasteiger partial charge in [-0.1, -0.05) is 20.3 Å². The Kier molecular flexibility index (Phi) is 5.17. The highest BCUT2D eigenvalue weighted by Crippen LogP contribution is 2.12. The summed E-state index contributed by atoms with van der Waals surface area (Å²) in [5, 5.41) is 8.10. The Morgan fingerprint density at radius 3 is 2.59 bits per heavy atom. The van der Waals surface area contributed by atoms with Gasteiger partial charge in [0.15, 0.2) is 0 Å². The first kappa shape index (κ1) is 14.2. The largest absolute Gasteiger partial charge is 0.447 e. The smallest absolute Gasteiger partial charge is 0.271 e. The van der Waals surface area contributed by atoms with Crippen LogP contribution in [-0.4, -0.2) is 14.5 Å². The molecule has 1 aromatic rings. The Balaban J connectivity index is 2.55. The minimum Gasteiger partial charge on any atom is -0.447 e. The first-order valence-corrected chi connectivity index (χ1v) is 7.36. The van der Waals surface area contributed by atoms with Gasteiger partial charge in [-0.3, -0.25) is 0 Å². The summed E-state index contributed by atoms with van der Waals surface area (Å²) in [6, 6.07) is 3.45. The minimum absolute atomic E-state index is 0.183. The molecule has 3 N–H and O–H groups in total. The normalized spacial score (nSPS) is 13.8. The van der Waals surface area contributed by atoms with Crippen molar-refractivity contribution in [3.63, 3.8) is 0 Å². The van der Waals surface area contributed by atoms with Gasteiger partial charge in [-0.25, -0.2) is 13.6 Å². The summed E-state index contributed by atoms with van der Waals surface area (Å²) in [6.45, 7) is 4.77. The summed E-state index contributed by atoms with van der Waals surface area (Å²) in [7, 11) is -3.73. The Morgan fingerprint density at radius 1 is 1.41 bits per heavy atom. The van der Waals surface area contributed by atoms with Gasteiger partial charge in [-0.05, 0) is 25.0 Å². The Hall–Kier alpha value is -0.850. The number of hydrogen-bond donors (Lipinski definition) is 2. The molecule has 0 aromatic carbocycles. The first-order chi connectivity index (χ1) is 7.97. The fraction of sp³-hybridized carbons (Fsp3) is 0.636. The second-order valence-electron chi connectivity index (χ2n) is 4.04. The number of sulfonamides is 1. The zero-order valence-electron chi connectivity index (χ0n) is 10.3. The lowest BCUT2D eigenvalue weighted by atomic mass is 10.1. The second kappa shape index (κ2) is 6.18. The molecule has 0 bridgehead atoms. The van der Waals surface area contributed by atoms with Gasteiger partial charge in [-0.15, -0.1) is 0 Å². The summed E-state index contributed by atoms with van der Waals surface area (Å²) >= 11 is 0. The van der Waals surface area contributed by atoms with Gasteiger partial charge in [0.2, 0.25) is 5.09 Å². The molecule has 0 aliphatic carbocycles. The predicted octanol–water partition coefficient (Wildman–Crippen LogP) is 1.60. The molecule has 1 aromatic heterocycles. The van der Waals surface area contributed by atoms with Crippen LogP contribution in [0.15, 0.2) is 21.6 Å². The van der Waals surface area contributed by atoms with E-state index in [1.165, 1.54) is 6.07 Å². The van der Waals surface area contributed by atoms with Gasteiger partial charge in [0.1, 0.15) is 5.76 Å². The lowest BCUT2D eigenvalue weighted by molar-refractivity contribution is 0.378. The van der Waals surface area contributed by atoms with Crippen LogP contribution in [0.5, 0.6) is 0 Å². The Morgan fingerprint density at radius 2 is 2.12 bits per heavy atom. The summed E-state index contributed by atoms with van der Waals surface area (Å²) in [5.41, 5.74) is 0. The average molecular weight is 260 g/mol. The molecular weight excluding hydrogens is 240 g/mol. The lowest BCUT2D eigenvalue weighted by Crippen LogP contribution is -2.27. The fourth-order valence-electron chi connectivity index (χ4n) is 1.65. The van der Waals surface area contributed by atoms with E-state index in [1.807, 2.05) is 0 Å². The van der Waals surface area contributed by atoms with Crippen molar-refractivity contribution in [3.8, 4) is 0 Å². The van der Waals surface area contributed by atoms with E-state index < -0.39 is 10.0 Å². The van der Waals surface area contributed by atoms with Crippen LogP contribution in [0.25, 0.3) is 0 Å². The van der Waals surface area contributed by atoms with Crippen molar-refractivity contribution in [2.45, 2.75) is 50.8 Å². The maximum atomic E-state index is 11.0. The van der Waals surface area contributed by atoms with Crippen molar-refractivity contribution in [2.75, 3.05) is 0 Å². The highest BCUT2D eigenvalue weighted by molar-refractivity contribution is 7.89. The van der Waals surface area contributed by atoms with Crippen molar-refractivity contribution in [2.24, 2.45) is 5.14 Å². The van der Waals surface area contributed by atoms with E-state index in [0.717, 1.165) is 19.3 Å². The van der Waals surface area contributed by atoms with Crippen LogP contribution in [0.1, 0.15) is 38.9 Å². The topological polar surface area (TPSA) is 85.3 Å². The van der Waals surface area contributed by atoms with E-state index in [9.17, 15) is 8.42 Å². The van der Waals surface area contributed by atoms with Gasteiger partial charge in [-0.2, -0.15) is 0 Å². The summed E-state index contributed by atoms with van der Waals surface area (Å²) in [4.78, 5) is 0. The number of nitrogens with two attached hydrogens (primary N) is 1. The van der Waals surface area contributed by atoms with E-state index in [-0.39, 0.29) is 5.09 Å². The van der Waals surface area contributed by atoms with Crippen LogP contribution in [0.3, 0.4) is 0 Å². The average Bonchev–Trinajstić information content (AvgIpc) is 2.72. The Bertz CT molecular complexity index is 439. The highest BCUT2D eigenvalue weighted by Gasteiger charge is 2.13. The van der Waals surface area contributed by atoms with Crippen LogP contribution in [0.2, 0.25) is 0 Å². The SMILES string of the molecule is CCCC(CC)NCc1ccc(S(N)(=O)=O)o1. The lowest BCUT2D eigenvalue weighted by Gasteiger charge is -2.14. The molecule has 1 rings (SSSR count). The predicted molar refractivity (Wildman–Crippen MR) is 65.9 cm³/mol. The van der Waals surface area contributed by atoms with Crippen molar-refractivity contribution in [1.82, 2.24) is 5.32 Å². The zero-order valence-corrected chi connectivity index (χ0v) is 11.1. The molecule has 0 aliphatic heterocycles. The number of nitrogens with one attached hydrogen (secondary N) is 1. The molecule has 1 atom stereocenters. The zero-order chi connectivity index (χ0) is 12.9. The molecule has 0 amide bonds. The third-order valence-corrected chi connectivity index (χ3v) is 3.39. The van der Waals surface area contributed by atoms with Crippen molar-refractivity contribution in [1.29, 1.82) is 0 Å². The molecule has 1 heterocycles. The molecule has 0 saturated carbocycles. The molecule has 17 heavy (non-hydrogen) atoms. The van der Waals surface area contributed by atoms with Crippen molar-refractivity contribution in [3.05, 3.63) is 17.9 Å². The maximum absolute atomic E-state index is 11.0. The third kappa shape index (κ3) is 4.49. The Labute approximate surface area is 102 Å². The molecule has 0 saturated heterocycles. The van der Waals surface area contributed by atoms with Crippen LogP contribution in [0, 0.1) is 0 Å². The van der Waals surface area contributed by atoms with E-state index in [2.05, 4.69) is 19.2 Å². The van der Waals surface area contributed by atoms with E-state index in [0.29, 0.717) is 18.3 Å². The summed E-state index contributed by atoms with van der Waals surface area (Å²) < 4.78 is 27.2. The fourth-order valence-corrected chi connectivity index (χ4v) is 2.13. The van der Waals surface area contributed by atoms with E-state index >= 15 is 0 Å². The van der Waals surface area contributed by atoms with Crippen LogP contribution >= 0.6 is 0 Å². The standard InChI is InChI=1S/C11H20N2O3S/c1-3-5-9(4-2)13-8-10-6-7-11(16-10)17(12,14)15/h6-7,9,13H,3-5,8H2,1-2H3,(H2,12,14,15). The quantitative estimate of drug-likeness (QED) is 0.779. The number of furan rings is 1. The number of rotatable bonds is 7. The van der Waals surface area contributed by atoms with Gasteiger partial charge in [0.25, 0.3) is 10.0 Å². The second-order valence-corrected chi connectivity index (χ2v) is 5.53. The molecule has 6 heteroatoms. The third-order valence-electron chi connectivity index (χ3n) is 2.61. The summed E-state index contributed by atoms with van der Waals surface area (Å²) in [6.07, 6.45) is 3.25. The van der Waals surface area contributed by atoms with Crippen LogP contribution < -0.4 is 10.5 Å². The molecular formula is C11H20N2O3S. The first-order valence-electron chi connectivity index (χ1n) is 5.82. The van der Waals surface area contributed by atoms with Crippen molar-refractivity contribution >= 4 is 10.0 Å². The molecule has 98 valence electrons. The van der Waals surface area contributed by atoms with Crippen LogP contribution in [0.4, 0.5) is 0 Å². The maximum Gasteiger partial charge on any atom is 0.271 e. The number of hydrogen-bond acceptors (Lipinski definition) is 4. The molecule has 0 aliphatic rings. The molecule has 1 unspecified atom stereocenters. The monoisotopic (exact) mass is 260 g/mol. The van der Waals surface area contributed by atoms with E-state index in [4.69, 9.17) is 9.56 Å². The van der Waals surface area contributed by atoms with E-state index in [1.54, 1.807) is 6.07 Å². The number of primary sulfonamides is 1. The minimum atomic E-state index is -3.73. The molecule has 0 radical (unpaired) electrons. The molecule has 5 nitrogen and oxygen atoms in total. The van der Waals surface area contributed by atoms with Crippen LogP contribution in [-0.2, 0) is 16.6 Å².